The molecule has 1 saturated carbocycles. The zero-order valence-corrected chi connectivity index (χ0v) is 35.0. The molecule has 0 aromatic heterocycles. The van der Waals surface area contributed by atoms with Gasteiger partial charge in [-0.1, -0.05) is 51.5 Å². The number of aliphatic hydroxyl groups excluding tert-OH is 2. The van der Waals surface area contributed by atoms with Crippen LogP contribution < -0.4 is 0 Å². The molecule has 56 heavy (non-hydrogen) atoms. The Morgan fingerprint density at radius 2 is 1.64 bits per heavy atom. The Hall–Kier alpha value is -2.74. The van der Waals surface area contributed by atoms with Gasteiger partial charge in [0.05, 0.1) is 24.4 Å². The van der Waals surface area contributed by atoms with Gasteiger partial charge in [-0.25, -0.2) is 4.79 Å². The van der Waals surface area contributed by atoms with Crippen molar-refractivity contribution >= 4 is 23.4 Å². The Kier molecular flexibility index (Phi) is 16.7. The van der Waals surface area contributed by atoms with Gasteiger partial charge in [0, 0.05) is 44.9 Å². The number of fused-ring (bicyclic) bond motifs is 3. The summed E-state index contributed by atoms with van der Waals surface area (Å²) >= 11 is 0. The van der Waals surface area contributed by atoms with Crippen LogP contribution in [0, 0.1) is 35.5 Å². The highest BCUT2D eigenvalue weighted by Gasteiger charge is 2.56. The molecule has 14 atom stereocenters. The van der Waals surface area contributed by atoms with E-state index in [1.807, 2.05) is 39.8 Å². The van der Waals surface area contributed by atoms with Crippen LogP contribution >= 0.6 is 0 Å². The number of carbonyl (C=O) groups is 4. The quantitative estimate of drug-likeness (QED) is 0.183. The number of aliphatic hydroxyl groups is 3. The molecule has 3 heterocycles. The minimum absolute atomic E-state index is 0.0180. The van der Waals surface area contributed by atoms with Crippen LogP contribution in [0.25, 0.3) is 0 Å². The number of ketones is 2. The fraction of sp³-hybridized carbons (Fsp3) is 0.773. The summed E-state index contributed by atoms with van der Waals surface area (Å²) in [6, 6.07) is -1.12. The summed E-state index contributed by atoms with van der Waals surface area (Å²) in [5.41, 5.74) is 1.67. The van der Waals surface area contributed by atoms with Crippen LogP contribution in [-0.2, 0) is 38.1 Å². The molecule has 1 aliphatic carbocycles. The number of ether oxygens (including phenoxy) is 4. The van der Waals surface area contributed by atoms with Crippen molar-refractivity contribution in [3.05, 3.63) is 36.0 Å². The monoisotopic (exact) mass is 787 g/mol. The maximum Gasteiger partial charge on any atom is 0.329 e. The molecule has 3 N–H and O–H groups in total. The summed E-state index contributed by atoms with van der Waals surface area (Å²) in [7, 11) is 3.06. The number of hydrogen-bond acceptors (Lipinski definition) is 11. The van der Waals surface area contributed by atoms with Crippen LogP contribution in [0.3, 0.4) is 0 Å². The van der Waals surface area contributed by atoms with Crippen molar-refractivity contribution in [1.29, 1.82) is 0 Å². The molecule has 316 valence electrons. The molecular weight excluding hydrogens is 718 g/mol. The number of methoxy groups -OCH3 is 2. The van der Waals surface area contributed by atoms with E-state index in [0.29, 0.717) is 44.1 Å². The average Bonchev–Trinajstić information content (AvgIpc) is 3.16. The van der Waals surface area contributed by atoms with Gasteiger partial charge in [0.1, 0.15) is 24.0 Å². The normalized spacial score (nSPS) is 41.5. The minimum Gasteiger partial charge on any atom is -0.456 e. The van der Waals surface area contributed by atoms with Crippen LogP contribution in [-0.4, -0.2) is 113 Å². The Morgan fingerprint density at radius 1 is 0.964 bits per heavy atom. The summed E-state index contributed by atoms with van der Waals surface area (Å²) in [4.78, 5) is 57.8. The number of esters is 1. The van der Waals surface area contributed by atoms with Crippen molar-refractivity contribution in [2.45, 2.75) is 161 Å². The first-order valence-corrected chi connectivity index (χ1v) is 20.8. The van der Waals surface area contributed by atoms with Gasteiger partial charge in [-0.3, -0.25) is 14.4 Å². The molecular formula is C44H69NO11. The number of amides is 1. The molecule has 0 spiro atoms. The van der Waals surface area contributed by atoms with E-state index in [0.717, 1.165) is 18.4 Å². The van der Waals surface area contributed by atoms with Crippen LogP contribution in [0.2, 0.25) is 0 Å². The number of rotatable bonds is 6. The van der Waals surface area contributed by atoms with E-state index >= 15 is 0 Å². The molecule has 1 amide bonds. The highest BCUT2D eigenvalue weighted by Crippen LogP contribution is 2.39. The highest BCUT2D eigenvalue weighted by molar-refractivity contribution is 6.39. The van der Waals surface area contributed by atoms with Gasteiger partial charge in [0.25, 0.3) is 11.7 Å². The summed E-state index contributed by atoms with van der Waals surface area (Å²) < 4.78 is 24.2. The van der Waals surface area contributed by atoms with Crippen molar-refractivity contribution in [1.82, 2.24) is 4.90 Å². The van der Waals surface area contributed by atoms with Crippen molar-refractivity contribution < 1.29 is 53.4 Å². The Bertz CT molecular complexity index is 1460. The molecule has 3 aliphatic heterocycles. The van der Waals surface area contributed by atoms with Gasteiger partial charge in [-0.2, -0.15) is 0 Å². The standard InChI is InChI=1S/C44H69NO11/c1-10-13-32-19-25(2)18-26(3)20-37(53-8)40-38(54-9)23-29(6)44(52,56-40)41(49)42(50)45-17-12-11-14-33(45)43(51)55-39(30(7)35(47)24-36(32)48)28(5)22-31-15-16-34(46)27(4)21-31/h10,19,22,26-27,29-35,37-40,46-47,52H,1,11-18,20-21,23-24H2,2-9H3/b25-19-,28-22+/t26-,27+,29+,30+,31-,32+,33-,34+,35-,37-,38-,39+,40+,44+/m0/s1. The third-order valence-electron chi connectivity index (χ3n) is 12.9. The summed E-state index contributed by atoms with van der Waals surface area (Å²) in [6.45, 7) is 15.2. The lowest BCUT2D eigenvalue weighted by Crippen LogP contribution is -2.64. The van der Waals surface area contributed by atoms with E-state index in [9.17, 15) is 34.5 Å². The van der Waals surface area contributed by atoms with Crippen LogP contribution in [0.15, 0.2) is 36.0 Å². The maximum atomic E-state index is 14.3. The molecule has 4 aliphatic rings. The molecule has 4 rings (SSSR count). The number of carbonyl (C=O) groups excluding carboxylic acids is 4. The number of nitrogens with zero attached hydrogens (tertiary/aromatic N) is 1. The Balaban J connectivity index is 1.78. The summed E-state index contributed by atoms with van der Waals surface area (Å²) in [6.07, 6.45) is 6.14. The summed E-state index contributed by atoms with van der Waals surface area (Å²) in [5, 5.41) is 34.1. The maximum absolute atomic E-state index is 14.3. The van der Waals surface area contributed by atoms with Crippen LogP contribution in [0.5, 0.6) is 0 Å². The van der Waals surface area contributed by atoms with Gasteiger partial charge in [-0.15, -0.1) is 6.58 Å². The van der Waals surface area contributed by atoms with Crippen LogP contribution in [0.1, 0.15) is 112 Å². The molecule has 0 aromatic carbocycles. The fourth-order valence-electron chi connectivity index (χ4n) is 9.45. The second-order valence-electron chi connectivity index (χ2n) is 17.5. The molecule has 2 saturated heterocycles. The van der Waals surface area contributed by atoms with Gasteiger partial charge in [-0.05, 0) is 101 Å². The van der Waals surface area contributed by atoms with Gasteiger partial charge < -0.3 is 39.2 Å². The van der Waals surface area contributed by atoms with E-state index in [1.54, 1.807) is 19.9 Å². The molecule has 0 radical (unpaired) electrons. The highest BCUT2D eigenvalue weighted by atomic mass is 16.7. The minimum atomic E-state index is -2.50. The number of hydrogen-bond donors (Lipinski definition) is 3. The first-order valence-electron chi connectivity index (χ1n) is 20.8. The molecule has 0 aromatic rings. The Morgan fingerprint density at radius 3 is 2.29 bits per heavy atom. The predicted octanol–water partition coefficient (Wildman–Crippen LogP) is 5.26. The van der Waals surface area contributed by atoms with E-state index in [-0.39, 0.29) is 55.4 Å². The van der Waals surface area contributed by atoms with E-state index in [1.165, 1.54) is 19.1 Å². The van der Waals surface area contributed by atoms with Crippen LogP contribution in [0.4, 0.5) is 0 Å². The third-order valence-corrected chi connectivity index (χ3v) is 12.9. The first kappa shape index (κ1) is 46.0. The smallest absolute Gasteiger partial charge is 0.329 e. The first-order chi connectivity index (χ1) is 26.4. The second-order valence-corrected chi connectivity index (χ2v) is 17.5. The van der Waals surface area contributed by atoms with E-state index < -0.39 is 77.8 Å². The number of cyclic esters (lactones) is 1. The fourth-order valence-corrected chi connectivity index (χ4v) is 9.45. The average molecular weight is 788 g/mol. The van der Waals surface area contributed by atoms with Gasteiger partial charge >= 0.3 is 5.97 Å². The molecule has 12 heteroatoms. The largest absolute Gasteiger partial charge is 0.456 e. The Labute approximate surface area is 334 Å². The van der Waals surface area contributed by atoms with Crippen molar-refractivity contribution in [2.75, 3.05) is 20.8 Å². The zero-order chi connectivity index (χ0) is 41.5. The number of Topliss-reactive ketones (excluding diaryl/α,β-unsaturated/α-hetero) is 2. The SMILES string of the molecule is C=CC[C@@H]1/C=C(/C)C[C@H](C)C[C@H](OC)[C@H]2O[C@@](O)(C(=O)C(=O)N3CCCC[C@H]3C(=O)O[C@H](/C(C)=C/[C@H]3CC[C@@H](O)[C@H](C)C3)[C@H](C)[C@@H](O)CC1=O)[C@H](C)C[C@@H]2OC. The lowest BCUT2D eigenvalue weighted by molar-refractivity contribution is -0.302. The second kappa shape index (κ2) is 20.3. The van der Waals surface area contributed by atoms with E-state index in [2.05, 4.69) is 6.58 Å². The zero-order valence-electron chi connectivity index (χ0n) is 35.0. The van der Waals surface area contributed by atoms with E-state index in [4.69, 9.17) is 18.9 Å². The molecule has 3 fully saturated rings. The molecule has 12 nitrogen and oxygen atoms in total. The summed E-state index contributed by atoms with van der Waals surface area (Å²) in [5.74, 6) is -7.42. The van der Waals surface area contributed by atoms with Gasteiger partial charge in [0.15, 0.2) is 0 Å². The lowest BCUT2D eigenvalue weighted by Gasteiger charge is -2.47. The number of piperidine rings is 1. The predicted molar refractivity (Wildman–Crippen MR) is 211 cm³/mol. The molecule has 0 unspecified atom stereocenters. The third kappa shape index (κ3) is 10.8. The molecule has 2 bridgehead atoms. The van der Waals surface area contributed by atoms with Crippen molar-refractivity contribution in [2.24, 2.45) is 35.5 Å². The van der Waals surface area contributed by atoms with Gasteiger partial charge in [0.2, 0.25) is 5.79 Å². The topological polar surface area (TPSA) is 169 Å². The lowest BCUT2D eigenvalue weighted by atomic mass is 9.78. The number of allylic oxidation sites excluding steroid dienone is 4. The van der Waals surface area contributed by atoms with Crippen molar-refractivity contribution in [3.63, 3.8) is 0 Å². The van der Waals surface area contributed by atoms with Crippen molar-refractivity contribution in [3.8, 4) is 0 Å².